The van der Waals surface area contributed by atoms with Gasteiger partial charge in [-0.3, -0.25) is 4.90 Å². The fourth-order valence-corrected chi connectivity index (χ4v) is 1.76. The van der Waals surface area contributed by atoms with Crippen molar-refractivity contribution >= 4 is 21.9 Å². The van der Waals surface area contributed by atoms with E-state index in [1.807, 2.05) is 0 Å². The molecule has 16 heavy (non-hydrogen) atoms. The van der Waals surface area contributed by atoms with E-state index in [0.717, 1.165) is 43.9 Å². The molecule has 0 unspecified atom stereocenters. The normalized spacial score (nSPS) is 17.3. The van der Waals surface area contributed by atoms with E-state index >= 15 is 0 Å². The number of hydrogen-bond donors (Lipinski definition) is 1. The molecule has 0 radical (unpaired) electrons. The van der Waals surface area contributed by atoms with E-state index in [9.17, 15) is 0 Å². The Bertz CT molecular complexity index is 313. The molecule has 2 heterocycles. The molecule has 1 aliphatic rings. The van der Waals surface area contributed by atoms with Crippen LogP contribution < -0.4 is 5.32 Å². The van der Waals surface area contributed by atoms with E-state index in [0.29, 0.717) is 5.95 Å². The van der Waals surface area contributed by atoms with Gasteiger partial charge in [0.2, 0.25) is 5.95 Å². The van der Waals surface area contributed by atoms with E-state index in [1.54, 1.807) is 12.4 Å². The fraction of sp³-hybridized carbons (Fsp3) is 0.600. The van der Waals surface area contributed by atoms with Crippen molar-refractivity contribution in [2.45, 2.75) is 0 Å². The highest BCUT2D eigenvalue weighted by Crippen LogP contribution is 2.06. The van der Waals surface area contributed by atoms with Crippen LogP contribution in [-0.2, 0) is 4.74 Å². The average molecular weight is 287 g/mol. The van der Waals surface area contributed by atoms with Gasteiger partial charge in [0, 0.05) is 38.6 Å². The van der Waals surface area contributed by atoms with Crippen molar-refractivity contribution in [3.63, 3.8) is 0 Å². The standard InChI is InChI=1S/C10H15BrN4O/c11-9-7-13-10(14-8-9)12-1-2-15-3-5-16-6-4-15/h7-8H,1-6H2,(H,12,13,14). The monoisotopic (exact) mass is 286 g/mol. The lowest BCUT2D eigenvalue weighted by Gasteiger charge is -2.26. The van der Waals surface area contributed by atoms with E-state index < -0.39 is 0 Å². The third-order valence-corrected chi connectivity index (χ3v) is 2.84. The van der Waals surface area contributed by atoms with Crippen molar-refractivity contribution < 1.29 is 4.74 Å². The minimum absolute atomic E-state index is 0.677. The molecule has 2 rings (SSSR count). The number of aromatic nitrogens is 2. The molecule has 0 amide bonds. The van der Waals surface area contributed by atoms with Crippen LogP contribution in [0.5, 0.6) is 0 Å². The Morgan fingerprint density at radius 2 is 2.00 bits per heavy atom. The van der Waals surface area contributed by atoms with Crippen LogP contribution in [0.25, 0.3) is 0 Å². The predicted octanol–water partition coefficient (Wildman–Crippen LogP) is 0.983. The van der Waals surface area contributed by atoms with Crippen LogP contribution in [0.4, 0.5) is 5.95 Å². The molecular formula is C10H15BrN4O. The van der Waals surface area contributed by atoms with Gasteiger partial charge in [-0.2, -0.15) is 0 Å². The number of nitrogens with zero attached hydrogens (tertiary/aromatic N) is 3. The van der Waals surface area contributed by atoms with Crippen LogP contribution in [-0.4, -0.2) is 54.3 Å². The van der Waals surface area contributed by atoms with Crippen LogP contribution in [0, 0.1) is 0 Å². The maximum Gasteiger partial charge on any atom is 0.222 e. The molecule has 0 aromatic carbocycles. The molecule has 1 fully saturated rings. The number of ether oxygens (including phenoxy) is 1. The first-order valence-electron chi connectivity index (χ1n) is 5.36. The molecule has 0 atom stereocenters. The summed E-state index contributed by atoms with van der Waals surface area (Å²) in [6.07, 6.45) is 3.48. The second-order valence-electron chi connectivity index (χ2n) is 3.61. The van der Waals surface area contributed by atoms with Gasteiger partial charge in [0.1, 0.15) is 0 Å². The fourth-order valence-electron chi connectivity index (χ4n) is 1.55. The molecule has 1 N–H and O–H groups in total. The maximum absolute atomic E-state index is 5.29. The summed E-state index contributed by atoms with van der Waals surface area (Å²) in [5.74, 6) is 0.677. The molecule has 5 nitrogen and oxygen atoms in total. The summed E-state index contributed by atoms with van der Waals surface area (Å²) in [6, 6.07) is 0. The predicted molar refractivity (Wildman–Crippen MR) is 65.5 cm³/mol. The molecule has 0 spiro atoms. The Kier molecular flexibility index (Phi) is 4.50. The zero-order valence-electron chi connectivity index (χ0n) is 9.03. The third-order valence-electron chi connectivity index (χ3n) is 2.44. The molecule has 0 saturated carbocycles. The first-order valence-corrected chi connectivity index (χ1v) is 6.15. The van der Waals surface area contributed by atoms with Crippen molar-refractivity contribution in [3.05, 3.63) is 16.9 Å². The van der Waals surface area contributed by atoms with Gasteiger partial charge in [-0.15, -0.1) is 0 Å². The summed E-state index contributed by atoms with van der Waals surface area (Å²) in [7, 11) is 0. The number of hydrogen-bond acceptors (Lipinski definition) is 5. The summed E-state index contributed by atoms with van der Waals surface area (Å²) >= 11 is 3.30. The van der Waals surface area contributed by atoms with Crippen LogP contribution >= 0.6 is 15.9 Å². The Hall–Kier alpha value is -0.720. The number of anilines is 1. The van der Waals surface area contributed by atoms with Crippen molar-refractivity contribution in [1.82, 2.24) is 14.9 Å². The van der Waals surface area contributed by atoms with Crippen LogP contribution in [0.1, 0.15) is 0 Å². The second kappa shape index (κ2) is 6.12. The topological polar surface area (TPSA) is 50.3 Å². The Labute approximate surface area is 103 Å². The van der Waals surface area contributed by atoms with E-state index in [2.05, 4.69) is 36.1 Å². The molecular weight excluding hydrogens is 272 g/mol. The Balaban J connectivity index is 1.69. The summed E-state index contributed by atoms with van der Waals surface area (Å²) < 4.78 is 6.18. The number of nitrogens with one attached hydrogen (secondary N) is 1. The quantitative estimate of drug-likeness (QED) is 0.894. The Morgan fingerprint density at radius 1 is 1.31 bits per heavy atom. The number of rotatable bonds is 4. The largest absolute Gasteiger partial charge is 0.379 e. The first kappa shape index (κ1) is 11.8. The summed E-state index contributed by atoms with van der Waals surface area (Å²) in [4.78, 5) is 10.7. The number of morpholine rings is 1. The SMILES string of the molecule is Brc1cnc(NCCN2CCOCC2)nc1. The second-order valence-corrected chi connectivity index (χ2v) is 4.52. The highest BCUT2D eigenvalue weighted by molar-refractivity contribution is 9.10. The van der Waals surface area contributed by atoms with E-state index in [4.69, 9.17) is 4.74 Å². The van der Waals surface area contributed by atoms with Gasteiger partial charge in [0.05, 0.1) is 17.7 Å². The van der Waals surface area contributed by atoms with Crippen molar-refractivity contribution in [2.24, 2.45) is 0 Å². The molecule has 0 aliphatic carbocycles. The zero-order valence-corrected chi connectivity index (χ0v) is 10.6. The van der Waals surface area contributed by atoms with Crippen molar-refractivity contribution in [2.75, 3.05) is 44.7 Å². The summed E-state index contributed by atoms with van der Waals surface area (Å²) in [5, 5.41) is 3.19. The maximum atomic E-state index is 5.29. The van der Waals surface area contributed by atoms with Gasteiger partial charge in [-0.25, -0.2) is 9.97 Å². The highest BCUT2D eigenvalue weighted by atomic mass is 79.9. The lowest BCUT2D eigenvalue weighted by molar-refractivity contribution is 0.0398. The van der Waals surface area contributed by atoms with Crippen molar-refractivity contribution in [1.29, 1.82) is 0 Å². The van der Waals surface area contributed by atoms with Crippen molar-refractivity contribution in [3.8, 4) is 0 Å². The summed E-state index contributed by atoms with van der Waals surface area (Å²) in [5.41, 5.74) is 0. The van der Waals surface area contributed by atoms with Gasteiger partial charge >= 0.3 is 0 Å². The molecule has 88 valence electrons. The van der Waals surface area contributed by atoms with Gasteiger partial charge < -0.3 is 10.1 Å². The van der Waals surface area contributed by atoms with E-state index in [-0.39, 0.29) is 0 Å². The van der Waals surface area contributed by atoms with Gasteiger partial charge in [0.25, 0.3) is 0 Å². The van der Waals surface area contributed by atoms with E-state index in [1.165, 1.54) is 0 Å². The van der Waals surface area contributed by atoms with Gasteiger partial charge in [-0.05, 0) is 15.9 Å². The zero-order chi connectivity index (χ0) is 11.2. The minimum atomic E-state index is 0.677. The first-order chi connectivity index (χ1) is 7.84. The summed E-state index contributed by atoms with van der Waals surface area (Å²) in [6.45, 7) is 5.58. The van der Waals surface area contributed by atoms with Crippen LogP contribution in [0.15, 0.2) is 16.9 Å². The highest BCUT2D eigenvalue weighted by Gasteiger charge is 2.09. The molecule has 1 aromatic rings. The number of halogens is 1. The smallest absolute Gasteiger partial charge is 0.222 e. The Morgan fingerprint density at radius 3 is 2.69 bits per heavy atom. The molecule has 1 saturated heterocycles. The lowest BCUT2D eigenvalue weighted by atomic mass is 10.4. The lowest BCUT2D eigenvalue weighted by Crippen LogP contribution is -2.39. The molecule has 6 heteroatoms. The van der Waals surface area contributed by atoms with Gasteiger partial charge in [-0.1, -0.05) is 0 Å². The minimum Gasteiger partial charge on any atom is -0.379 e. The van der Waals surface area contributed by atoms with Crippen LogP contribution in [0.2, 0.25) is 0 Å². The molecule has 1 aromatic heterocycles. The van der Waals surface area contributed by atoms with Gasteiger partial charge in [0.15, 0.2) is 0 Å². The molecule has 1 aliphatic heterocycles. The molecule has 0 bridgehead atoms. The van der Waals surface area contributed by atoms with Crippen LogP contribution in [0.3, 0.4) is 0 Å². The average Bonchev–Trinajstić information content (AvgIpc) is 2.33. The third kappa shape index (κ3) is 3.70.